The summed E-state index contributed by atoms with van der Waals surface area (Å²) in [6.07, 6.45) is 0.675. The van der Waals surface area contributed by atoms with Gasteiger partial charge in [-0.3, -0.25) is 10.1 Å². The highest BCUT2D eigenvalue weighted by Crippen LogP contribution is 2.19. The Hall–Kier alpha value is -1.36. The number of benzene rings is 1. The predicted octanol–water partition coefficient (Wildman–Crippen LogP) is 2.85. The predicted molar refractivity (Wildman–Crippen MR) is 61.9 cm³/mol. The van der Waals surface area contributed by atoms with E-state index in [1.54, 1.807) is 12.1 Å². The molecule has 4 nitrogen and oxygen atoms in total. The van der Waals surface area contributed by atoms with E-state index in [9.17, 15) is 10.1 Å². The maximum atomic E-state index is 10.5. The van der Waals surface area contributed by atoms with Gasteiger partial charge in [-0.1, -0.05) is 25.7 Å². The van der Waals surface area contributed by atoms with Gasteiger partial charge in [0.05, 0.1) is 25.3 Å². The Morgan fingerprint density at radius 2 is 2.07 bits per heavy atom. The standard InChI is InChI=1S/C10H15NO3Si/c1-15(2,3)8-14-10-6-4-5-9(7-10)11(12)13/h4-7H,8H2,1-3H3. The highest BCUT2D eigenvalue weighted by atomic mass is 28.3. The lowest BCUT2D eigenvalue weighted by molar-refractivity contribution is -0.384. The van der Waals surface area contributed by atoms with E-state index < -0.39 is 13.0 Å². The number of nitro benzene ring substituents is 1. The lowest BCUT2D eigenvalue weighted by atomic mass is 10.3. The third-order valence-electron chi connectivity index (χ3n) is 1.70. The van der Waals surface area contributed by atoms with Crippen LogP contribution in [0.2, 0.25) is 19.6 Å². The van der Waals surface area contributed by atoms with Crippen molar-refractivity contribution in [1.82, 2.24) is 0 Å². The molecule has 82 valence electrons. The van der Waals surface area contributed by atoms with Crippen LogP contribution in [0.4, 0.5) is 5.69 Å². The number of non-ortho nitro benzene ring substituents is 1. The van der Waals surface area contributed by atoms with E-state index in [4.69, 9.17) is 4.74 Å². The molecular weight excluding hydrogens is 210 g/mol. The van der Waals surface area contributed by atoms with Gasteiger partial charge in [-0.2, -0.15) is 0 Å². The fraction of sp³-hybridized carbons (Fsp3) is 0.400. The summed E-state index contributed by atoms with van der Waals surface area (Å²) in [5.74, 6) is 0.576. The van der Waals surface area contributed by atoms with Crippen LogP contribution in [-0.2, 0) is 0 Å². The zero-order chi connectivity index (χ0) is 11.5. The molecule has 0 N–H and O–H groups in total. The van der Waals surface area contributed by atoms with Crippen molar-refractivity contribution >= 4 is 13.8 Å². The van der Waals surface area contributed by atoms with E-state index in [0.717, 1.165) is 0 Å². The molecule has 0 aliphatic rings. The van der Waals surface area contributed by atoms with Gasteiger partial charge in [-0.05, 0) is 6.07 Å². The number of nitrogens with zero attached hydrogens (tertiary/aromatic N) is 1. The number of rotatable bonds is 4. The molecule has 1 aromatic carbocycles. The molecule has 1 aromatic rings. The van der Waals surface area contributed by atoms with Crippen LogP contribution in [0.1, 0.15) is 0 Å². The monoisotopic (exact) mass is 225 g/mol. The SMILES string of the molecule is C[Si](C)(C)COc1cccc([N+](=O)[O-])c1. The molecule has 15 heavy (non-hydrogen) atoms. The molecule has 0 aromatic heterocycles. The molecular formula is C10H15NO3Si. The largest absolute Gasteiger partial charge is 0.497 e. The van der Waals surface area contributed by atoms with E-state index in [1.807, 2.05) is 0 Å². The quantitative estimate of drug-likeness (QED) is 0.450. The van der Waals surface area contributed by atoms with Crippen molar-refractivity contribution in [3.8, 4) is 5.75 Å². The Bertz CT molecular complexity index is 360. The van der Waals surface area contributed by atoms with Crippen molar-refractivity contribution in [3.63, 3.8) is 0 Å². The molecule has 0 aliphatic carbocycles. The van der Waals surface area contributed by atoms with Gasteiger partial charge in [0.2, 0.25) is 0 Å². The van der Waals surface area contributed by atoms with Gasteiger partial charge < -0.3 is 4.74 Å². The Morgan fingerprint density at radius 1 is 1.40 bits per heavy atom. The van der Waals surface area contributed by atoms with Crippen LogP contribution in [-0.4, -0.2) is 19.2 Å². The number of nitro groups is 1. The first-order chi connectivity index (χ1) is 6.88. The lowest BCUT2D eigenvalue weighted by Gasteiger charge is -2.16. The maximum Gasteiger partial charge on any atom is 0.273 e. The summed E-state index contributed by atoms with van der Waals surface area (Å²) in [7, 11) is -1.28. The van der Waals surface area contributed by atoms with Crippen molar-refractivity contribution in [2.24, 2.45) is 0 Å². The molecule has 0 radical (unpaired) electrons. The summed E-state index contributed by atoms with van der Waals surface area (Å²) >= 11 is 0. The second-order valence-electron chi connectivity index (χ2n) is 4.60. The normalized spacial score (nSPS) is 11.1. The zero-order valence-electron chi connectivity index (χ0n) is 9.19. The van der Waals surface area contributed by atoms with Crippen molar-refractivity contribution in [1.29, 1.82) is 0 Å². The second kappa shape index (κ2) is 4.44. The average Bonchev–Trinajstić information content (AvgIpc) is 2.14. The molecule has 0 bridgehead atoms. The molecule has 0 saturated carbocycles. The minimum Gasteiger partial charge on any atom is -0.497 e. The maximum absolute atomic E-state index is 10.5. The van der Waals surface area contributed by atoms with Crippen molar-refractivity contribution in [3.05, 3.63) is 34.4 Å². The smallest absolute Gasteiger partial charge is 0.273 e. The first-order valence-corrected chi connectivity index (χ1v) is 8.46. The highest BCUT2D eigenvalue weighted by Gasteiger charge is 2.15. The molecule has 0 amide bonds. The molecule has 1 rings (SSSR count). The first kappa shape index (κ1) is 11.7. The summed E-state index contributed by atoms with van der Waals surface area (Å²) in [6, 6.07) is 6.30. The Kier molecular flexibility index (Phi) is 3.46. The van der Waals surface area contributed by atoms with Crippen LogP contribution < -0.4 is 4.74 Å². The van der Waals surface area contributed by atoms with Crippen LogP contribution in [0.15, 0.2) is 24.3 Å². The van der Waals surface area contributed by atoms with Gasteiger partial charge in [0, 0.05) is 6.07 Å². The van der Waals surface area contributed by atoms with Crippen LogP contribution in [0.3, 0.4) is 0 Å². The molecule has 0 saturated heterocycles. The highest BCUT2D eigenvalue weighted by molar-refractivity contribution is 6.76. The topological polar surface area (TPSA) is 52.4 Å². The minimum absolute atomic E-state index is 0.0723. The van der Waals surface area contributed by atoms with Gasteiger partial charge in [-0.25, -0.2) is 0 Å². The third-order valence-corrected chi connectivity index (χ3v) is 2.71. The number of ether oxygens (including phenoxy) is 1. The average molecular weight is 225 g/mol. The van der Waals surface area contributed by atoms with Gasteiger partial charge in [-0.15, -0.1) is 0 Å². The number of hydrogen-bond acceptors (Lipinski definition) is 3. The fourth-order valence-electron chi connectivity index (χ4n) is 0.987. The van der Waals surface area contributed by atoms with Gasteiger partial charge >= 0.3 is 0 Å². The van der Waals surface area contributed by atoms with Crippen LogP contribution >= 0.6 is 0 Å². The van der Waals surface area contributed by atoms with Crippen LogP contribution in [0, 0.1) is 10.1 Å². The molecule has 0 spiro atoms. The Balaban J connectivity index is 2.70. The van der Waals surface area contributed by atoms with E-state index in [1.165, 1.54) is 12.1 Å². The van der Waals surface area contributed by atoms with Crippen molar-refractivity contribution in [2.75, 3.05) is 6.23 Å². The number of hydrogen-bond donors (Lipinski definition) is 0. The van der Waals surface area contributed by atoms with E-state index >= 15 is 0 Å². The second-order valence-corrected chi connectivity index (χ2v) is 10.0. The first-order valence-electron chi connectivity index (χ1n) is 4.76. The molecule has 0 unspecified atom stereocenters. The summed E-state index contributed by atoms with van der Waals surface area (Å²) in [5, 5.41) is 10.5. The van der Waals surface area contributed by atoms with Crippen LogP contribution in [0.25, 0.3) is 0 Å². The lowest BCUT2D eigenvalue weighted by Crippen LogP contribution is -2.29. The minimum atomic E-state index is -1.28. The van der Waals surface area contributed by atoms with Gasteiger partial charge in [0.25, 0.3) is 5.69 Å². The fourth-order valence-corrected chi connectivity index (χ4v) is 1.59. The van der Waals surface area contributed by atoms with Crippen LogP contribution in [0.5, 0.6) is 5.75 Å². The third kappa shape index (κ3) is 4.12. The summed E-state index contributed by atoms with van der Waals surface area (Å²) < 4.78 is 5.52. The van der Waals surface area contributed by atoms with E-state index in [-0.39, 0.29) is 5.69 Å². The van der Waals surface area contributed by atoms with Gasteiger partial charge in [0.15, 0.2) is 0 Å². The van der Waals surface area contributed by atoms with Gasteiger partial charge in [0.1, 0.15) is 5.75 Å². The molecule has 0 heterocycles. The Labute approximate surface area is 90.0 Å². The van der Waals surface area contributed by atoms with E-state index in [0.29, 0.717) is 12.0 Å². The molecule has 0 atom stereocenters. The Morgan fingerprint density at radius 3 is 2.60 bits per heavy atom. The summed E-state index contributed by atoms with van der Waals surface area (Å²) in [4.78, 5) is 10.1. The zero-order valence-corrected chi connectivity index (χ0v) is 10.2. The summed E-state index contributed by atoms with van der Waals surface area (Å²) in [6.45, 7) is 6.55. The summed E-state index contributed by atoms with van der Waals surface area (Å²) in [5.41, 5.74) is 0.0723. The van der Waals surface area contributed by atoms with Crippen molar-refractivity contribution in [2.45, 2.75) is 19.6 Å². The van der Waals surface area contributed by atoms with E-state index in [2.05, 4.69) is 19.6 Å². The molecule has 0 fully saturated rings. The molecule has 5 heteroatoms. The van der Waals surface area contributed by atoms with Crippen molar-refractivity contribution < 1.29 is 9.66 Å². The molecule has 0 aliphatic heterocycles.